The van der Waals surface area contributed by atoms with Gasteiger partial charge in [-0.15, -0.1) is 0 Å². The standard InChI is InChI=1S/C26H27ClN4O3/c1-3-13-34-24-11-10-19(16-23(24)27)25-21(18-31(30-25)22-8-5-4-6-9-22)15-20(17-28)26(32)29-12-7-14-33-2/h4-6,8-11,15-16,18H,3,7,12-14H2,1-2H3,(H,29,32). The Kier molecular flexibility index (Phi) is 9.27. The zero-order valence-electron chi connectivity index (χ0n) is 19.3. The molecule has 0 aliphatic heterocycles. The van der Waals surface area contributed by atoms with Crippen LogP contribution in [0, 0.1) is 11.3 Å². The Hall–Kier alpha value is -3.60. The second-order valence-electron chi connectivity index (χ2n) is 7.48. The van der Waals surface area contributed by atoms with Gasteiger partial charge in [-0.2, -0.15) is 10.4 Å². The fourth-order valence-electron chi connectivity index (χ4n) is 3.23. The van der Waals surface area contributed by atoms with Gasteiger partial charge in [0, 0.05) is 37.6 Å². The highest BCUT2D eigenvalue weighted by Gasteiger charge is 2.16. The lowest BCUT2D eigenvalue weighted by atomic mass is 10.1. The second kappa shape index (κ2) is 12.6. The molecule has 0 spiro atoms. The summed E-state index contributed by atoms with van der Waals surface area (Å²) in [5, 5.41) is 17.6. The van der Waals surface area contributed by atoms with Gasteiger partial charge in [0.25, 0.3) is 5.91 Å². The van der Waals surface area contributed by atoms with Gasteiger partial charge in [-0.3, -0.25) is 4.79 Å². The molecule has 1 N–H and O–H groups in total. The largest absolute Gasteiger partial charge is 0.492 e. The number of nitrogens with zero attached hydrogens (tertiary/aromatic N) is 3. The van der Waals surface area contributed by atoms with Crippen LogP contribution in [0.1, 0.15) is 25.3 Å². The fourth-order valence-corrected chi connectivity index (χ4v) is 3.46. The van der Waals surface area contributed by atoms with Crippen LogP contribution in [0.25, 0.3) is 23.0 Å². The van der Waals surface area contributed by atoms with Crippen LogP contribution in [0.4, 0.5) is 0 Å². The molecule has 0 saturated heterocycles. The number of hydrogen-bond acceptors (Lipinski definition) is 5. The quantitative estimate of drug-likeness (QED) is 0.237. The summed E-state index contributed by atoms with van der Waals surface area (Å²) in [6.45, 7) is 3.54. The van der Waals surface area contributed by atoms with E-state index in [0.29, 0.717) is 48.2 Å². The normalized spacial score (nSPS) is 11.2. The van der Waals surface area contributed by atoms with Crippen molar-refractivity contribution in [2.45, 2.75) is 19.8 Å². The van der Waals surface area contributed by atoms with Crippen molar-refractivity contribution < 1.29 is 14.3 Å². The number of para-hydroxylation sites is 1. The number of amides is 1. The molecule has 1 aromatic heterocycles. The second-order valence-corrected chi connectivity index (χ2v) is 7.89. The molecule has 2 aromatic carbocycles. The summed E-state index contributed by atoms with van der Waals surface area (Å²) in [6, 6.07) is 17.0. The average Bonchev–Trinajstić information content (AvgIpc) is 3.28. The van der Waals surface area contributed by atoms with Crippen molar-refractivity contribution in [3.8, 4) is 28.8 Å². The number of nitriles is 1. The molecule has 0 unspecified atom stereocenters. The van der Waals surface area contributed by atoms with E-state index in [0.717, 1.165) is 17.7 Å². The average molecular weight is 479 g/mol. The molecule has 0 atom stereocenters. The van der Waals surface area contributed by atoms with Crippen molar-refractivity contribution in [3.63, 3.8) is 0 Å². The monoisotopic (exact) mass is 478 g/mol. The number of carbonyl (C=O) groups excluding carboxylic acids is 1. The van der Waals surface area contributed by atoms with E-state index in [9.17, 15) is 10.1 Å². The van der Waals surface area contributed by atoms with Gasteiger partial charge in [-0.25, -0.2) is 4.68 Å². The van der Waals surface area contributed by atoms with Crippen LogP contribution in [-0.4, -0.2) is 42.6 Å². The molecule has 1 heterocycles. The molecule has 34 heavy (non-hydrogen) atoms. The summed E-state index contributed by atoms with van der Waals surface area (Å²) in [7, 11) is 1.60. The minimum Gasteiger partial charge on any atom is -0.492 e. The molecule has 3 aromatic rings. The zero-order chi connectivity index (χ0) is 24.3. The SMILES string of the molecule is CCCOc1ccc(-c2nn(-c3ccccc3)cc2C=C(C#N)C(=O)NCCCOC)cc1Cl. The predicted octanol–water partition coefficient (Wildman–Crippen LogP) is 5.04. The number of aromatic nitrogens is 2. The van der Waals surface area contributed by atoms with E-state index in [1.165, 1.54) is 0 Å². The molecule has 0 aliphatic carbocycles. The van der Waals surface area contributed by atoms with Crippen LogP contribution in [0.3, 0.4) is 0 Å². The van der Waals surface area contributed by atoms with Gasteiger partial charge >= 0.3 is 0 Å². The number of rotatable bonds is 11. The van der Waals surface area contributed by atoms with Crippen LogP contribution < -0.4 is 10.1 Å². The maximum Gasteiger partial charge on any atom is 0.261 e. The first-order valence-corrected chi connectivity index (χ1v) is 11.4. The number of methoxy groups -OCH3 is 1. The Morgan fingerprint density at radius 3 is 2.71 bits per heavy atom. The lowest BCUT2D eigenvalue weighted by Gasteiger charge is -2.08. The molecule has 0 aliphatic rings. The van der Waals surface area contributed by atoms with Crippen LogP contribution in [0.5, 0.6) is 5.75 Å². The van der Waals surface area contributed by atoms with Crippen LogP contribution >= 0.6 is 11.6 Å². The zero-order valence-corrected chi connectivity index (χ0v) is 20.0. The van der Waals surface area contributed by atoms with Crippen molar-refractivity contribution in [1.29, 1.82) is 5.26 Å². The fraction of sp³-hybridized carbons (Fsp3) is 0.269. The molecular weight excluding hydrogens is 452 g/mol. The van der Waals surface area contributed by atoms with Gasteiger partial charge in [0.2, 0.25) is 0 Å². The third kappa shape index (κ3) is 6.47. The van der Waals surface area contributed by atoms with Gasteiger partial charge in [0.05, 0.1) is 17.3 Å². The highest BCUT2D eigenvalue weighted by atomic mass is 35.5. The van der Waals surface area contributed by atoms with Gasteiger partial charge in [0.15, 0.2) is 0 Å². The molecule has 7 nitrogen and oxygen atoms in total. The highest BCUT2D eigenvalue weighted by Crippen LogP contribution is 2.32. The molecule has 1 amide bonds. The number of nitrogens with one attached hydrogen (secondary N) is 1. The first-order valence-electron chi connectivity index (χ1n) is 11.0. The van der Waals surface area contributed by atoms with Gasteiger partial charge < -0.3 is 14.8 Å². The lowest BCUT2D eigenvalue weighted by Crippen LogP contribution is -2.26. The van der Waals surface area contributed by atoms with E-state index in [2.05, 4.69) is 5.32 Å². The number of halogens is 1. The van der Waals surface area contributed by atoms with E-state index in [-0.39, 0.29) is 5.57 Å². The summed E-state index contributed by atoms with van der Waals surface area (Å²) in [4.78, 5) is 12.6. The molecule has 0 bridgehead atoms. The van der Waals surface area contributed by atoms with Gasteiger partial charge in [-0.1, -0.05) is 36.7 Å². The molecular formula is C26H27ClN4O3. The van der Waals surface area contributed by atoms with Gasteiger partial charge in [0.1, 0.15) is 23.1 Å². The summed E-state index contributed by atoms with van der Waals surface area (Å²) in [5.41, 5.74) is 2.78. The third-order valence-corrected chi connectivity index (χ3v) is 5.20. The molecule has 8 heteroatoms. The van der Waals surface area contributed by atoms with Crippen LogP contribution in [0.15, 0.2) is 60.3 Å². The summed E-state index contributed by atoms with van der Waals surface area (Å²) in [5.74, 6) is 0.151. The first kappa shape index (κ1) is 25.0. The Morgan fingerprint density at radius 2 is 2.03 bits per heavy atom. The number of hydrogen-bond donors (Lipinski definition) is 1. The van der Waals surface area contributed by atoms with E-state index >= 15 is 0 Å². The topological polar surface area (TPSA) is 89.2 Å². The number of ether oxygens (including phenoxy) is 2. The molecule has 0 saturated carbocycles. The highest BCUT2D eigenvalue weighted by molar-refractivity contribution is 6.32. The Balaban J connectivity index is 2.00. The summed E-state index contributed by atoms with van der Waals surface area (Å²) >= 11 is 6.46. The summed E-state index contributed by atoms with van der Waals surface area (Å²) in [6.07, 6.45) is 4.86. The van der Waals surface area contributed by atoms with Crippen molar-refractivity contribution in [2.75, 3.05) is 26.9 Å². The van der Waals surface area contributed by atoms with Crippen LogP contribution in [0.2, 0.25) is 5.02 Å². The Labute approximate surface area is 204 Å². The third-order valence-electron chi connectivity index (χ3n) is 4.91. The maximum atomic E-state index is 12.6. The maximum absolute atomic E-state index is 12.6. The van der Waals surface area contributed by atoms with E-state index < -0.39 is 5.91 Å². The van der Waals surface area contributed by atoms with Crippen molar-refractivity contribution in [2.24, 2.45) is 0 Å². The van der Waals surface area contributed by atoms with E-state index in [1.807, 2.05) is 49.4 Å². The number of benzene rings is 2. The van der Waals surface area contributed by atoms with Crippen LogP contribution in [-0.2, 0) is 9.53 Å². The smallest absolute Gasteiger partial charge is 0.261 e. The van der Waals surface area contributed by atoms with Crippen molar-refractivity contribution in [1.82, 2.24) is 15.1 Å². The number of carbonyl (C=O) groups is 1. The summed E-state index contributed by atoms with van der Waals surface area (Å²) < 4.78 is 12.4. The molecule has 3 rings (SSSR count). The molecule has 176 valence electrons. The lowest BCUT2D eigenvalue weighted by molar-refractivity contribution is -0.117. The molecule has 0 fully saturated rings. The Morgan fingerprint density at radius 1 is 1.24 bits per heavy atom. The van der Waals surface area contributed by atoms with Crippen molar-refractivity contribution >= 4 is 23.6 Å². The first-order chi connectivity index (χ1) is 16.6. The van der Waals surface area contributed by atoms with E-state index in [4.69, 9.17) is 26.2 Å². The van der Waals surface area contributed by atoms with E-state index in [1.54, 1.807) is 36.2 Å². The minimum absolute atomic E-state index is 0.0136. The van der Waals surface area contributed by atoms with Crippen molar-refractivity contribution in [3.05, 3.63) is 70.9 Å². The Bertz CT molecular complexity index is 1180. The molecule has 0 radical (unpaired) electrons. The minimum atomic E-state index is -0.446. The predicted molar refractivity (Wildman–Crippen MR) is 133 cm³/mol. The van der Waals surface area contributed by atoms with Gasteiger partial charge in [-0.05, 0) is 49.2 Å².